The predicted octanol–water partition coefficient (Wildman–Crippen LogP) is 2.16. The molecule has 134 valence electrons. The lowest BCUT2D eigenvalue weighted by atomic mass is 10.2. The van der Waals surface area contributed by atoms with E-state index >= 15 is 0 Å². The highest BCUT2D eigenvalue weighted by Gasteiger charge is 2.16. The van der Waals surface area contributed by atoms with Crippen LogP contribution < -0.4 is 15.5 Å². The highest BCUT2D eigenvalue weighted by Crippen LogP contribution is 2.15. The SMILES string of the molecule is CCCCNC(=NC)NCCCN1CCN(c2ccccc2)CC1. The number of piperazine rings is 1. The molecule has 0 radical (unpaired) electrons. The van der Waals surface area contributed by atoms with Crippen molar-refractivity contribution < 1.29 is 0 Å². The number of hydrogen-bond donors (Lipinski definition) is 2. The summed E-state index contributed by atoms with van der Waals surface area (Å²) in [7, 11) is 1.84. The molecule has 0 saturated carbocycles. The lowest BCUT2D eigenvalue weighted by Crippen LogP contribution is -2.47. The number of anilines is 1. The second-order valence-electron chi connectivity index (χ2n) is 6.30. The molecule has 0 amide bonds. The molecule has 0 atom stereocenters. The largest absolute Gasteiger partial charge is 0.369 e. The zero-order valence-corrected chi connectivity index (χ0v) is 15.3. The van der Waals surface area contributed by atoms with Crippen molar-refractivity contribution in [3.8, 4) is 0 Å². The molecule has 2 rings (SSSR count). The molecule has 1 heterocycles. The molecule has 0 bridgehead atoms. The minimum Gasteiger partial charge on any atom is -0.369 e. The summed E-state index contributed by atoms with van der Waals surface area (Å²) in [4.78, 5) is 9.31. The summed E-state index contributed by atoms with van der Waals surface area (Å²) >= 11 is 0. The van der Waals surface area contributed by atoms with Gasteiger partial charge in [0.2, 0.25) is 0 Å². The maximum Gasteiger partial charge on any atom is 0.190 e. The van der Waals surface area contributed by atoms with Crippen LogP contribution in [0.25, 0.3) is 0 Å². The van der Waals surface area contributed by atoms with Crippen molar-refractivity contribution >= 4 is 11.6 Å². The van der Waals surface area contributed by atoms with Gasteiger partial charge in [-0.3, -0.25) is 9.89 Å². The summed E-state index contributed by atoms with van der Waals surface area (Å²) in [6, 6.07) is 10.7. The summed E-state index contributed by atoms with van der Waals surface area (Å²) in [6.45, 7) is 9.88. The number of guanidine groups is 1. The van der Waals surface area contributed by atoms with Crippen molar-refractivity contribution in [3.05, 3.63) is 30.3 Å². The van der Waals surface area contributed by atoms with Crippen LogP contribution in [0.5, 0.6) is 0 Å². The zero-order chi connectivity index (χ0) is 17.0. The molecule has 0 aliphatic carbocycles. The van der Waals surface area contributed by atoms with Gasteiger partial charge in [-0.15, -0.1) is 0 Å². The first kappa shape index (κ1) is 18.6. The third kappa shape index (κ3) is 6.40. The van der Waals surface area contributed by atoms with E-state index in [-0.39, 0.29) is 0 Å². The summed E-state index contributed by atoms with van der Waals surface area (Å²) < 4.78 is 0. The minimum atomic E-state index is 0.928. The molecular weight excluding hydrogens is 298 g/mol. The highest BCUT2D eigenvalue weighted by atomic mass is 15.3. The number of hydrogen-bond acceptors (Lipinski definition) is 3. The Morgan fingerprint density at radius 1 is 1.00 bits per heavy atom. The number of unbranched alkanes of at least 4 members (excludes halogenated alkanes) is 1. The van der Waals surface area contributed by atoms with Crippen LogP contribution in [0.2, 0.25) is 0 Å². The van der Waals surface area contributed by atoms with Gasteiger partial charge in [0.1, 0.15) is 0 Å². The Morgan fingerprint density at radius 3 is 2.29 bits per heavy atom. The number of nitrogens with zero attached hydrogens (tertiary/aromatic N) is 3. The number of rotatable bonds is 8. The van der Waals surface area contributed by atoms with Gasteiger partial charge in [-0.25, -0.2) is 0 Å². The third-order valence-corrected chi connectivity index (χ3v) is 4.48. The van der Waals surface area contributed by atoms with Crippen LogP contribution in [0.3, 0.4) is 0 Å². The fourth-order valence-electron chi connectivity index (χ4n) is 2.98. The van der Waals surface area contributed by atoms with Gasteiger partial charge < -0.3 is 15.5 Å². The van der Waals surface area contributed by atoms with Gasteiger partial charge in [-0.1, -0.05) is 31.5 Å². The molecule has 5 heteroatoms. The Labute approximate surface area is 147 Å². The quantitative estimate of drug-likeness (QED) is 0.435. The smallest absolute Gasteiger partial charge is 0.190 e. The van der Waals surface area contributed by atoms with Crippen LogP contribution in [0.15, 0.2) is 35.3 Å². The van der Waals surface area contributed by atoms with Crippen molar-refractivity contribution in [2.75, 3.05) is 57.8 Å². The minimum absolute atomic E-state index is 0.928. The van der Waals surface area contributed by atoms with Gasteiger partial charge in [-0.05, 0) is 31.5 Å². The molecule has 1 aliphatic heterocycles. The first-order valence-electron chi connectivity index (χ1n) is 9.30. The number of benzene rings is 1. The number of aliphatic imine (C=N–C) groups is 1. The van der Waals surface area contributed by atoms with Gasteiger partial charge in [0.25, 0.3) is 0 Å². The Balaban J connectivity index is 1.58. The summed E-state index contributed by atoms with van der Waals surface area (Å²) in [5.41, 5.74) is 1.35. The second-order valence-corrected chi connectivity index (χ2v) is 6.30. The molecule has 0 unspecified atom stereocenters. The van der Waals surface area contributed by atoms with E-state index in [1.165, 1.54) is 18.5 Å². The number of para-hydroxylation sites is 1. The monoisotopic (exact) mass is 331 g/mol. The van der Waals surface area contributed by atoms with E-state index < -0.39 is 0 Å². The molecule has 2 N–H and O–H groups in total. The van der Waals surface area contributed by atoms with Gasteiger partial charge in [0.15, 0.2) is 5.96 Å². The second kappa shape index (κ2) is 10.9. The standard InChI is InChI=1S/C19H33N5/c1-3-4-11-21-19(20-2)22-12-8-13-23-14-16-24(17-15-23)18-9-6-5-7-10-18/h5-7,9-10H,3-4,8,11-17H2,1-2H3,(H2,20,21,22). The van der Waals surface area contributed by atoms with Crippen molar-refractivity contribution in [3.63, 3.8) is 0 Å². The average molecular weight is 332 g/mol. The third-order valence-electron chi connectivity index (χ3n) is 4.48. The fourth-order valence-corrected chi connectivity index (χ4v) is 2.98. The molecule has 5 nitrogen and oxygen atoms in total. The van der Waals surface area contributed by atoms with E-state index in [2.05, 4.69) is 62.7 Å². The molecule has 1 aromatic rings. The van der Waals surface area contributed by atoms with Gasteiger partial charge in [0.05, 0.1) is 0 Å². The molecule has 0 spiro atoms. The molecule has 1 fully saturated rings. The van der Waals surface area contributed by atoms with Gasteiger partial charge >= 0.3 is 0 Å². The van der Waals surface area contributed by atoms with Gasteiger partial charge in [0, 0.05) is 52.0 Å². The summed E-state index contributed by atoms with van der Waals surface area (Å²) in [5, 5.41) is 6.76. The van der Waals surface area contributed by atoms with Crippen LogP contribution in [0.4, 0.5) is 5.69 Å². The lowest BCUT2D eigenvalue weighted by molar-refractivity contribution is 0.255. The molecule has 1 saturated heterocycles. The van der Waals surface area contributed by atoms with Crippen molar-refractivity contribution in [2.45, 2.75) is 26.2 Å². The van der Waals surface area contributed by atoms with E-state index in [1.807, 2.05) is 7.05 Å². The first-order chi connectivity index (χ1) is 11.8. The van der Waals surface area contributed by atoms with E-state index in [0.29, 0.717) is 0 Å². The fraction of sp³-hybridized carbons (Fsp3) is 0.632. The highest BCUT2D eigenvalue weighted by molar-refractivity contribution is 5.79. The van der Waals surface area contributed by atoms with Gasteiger partial charge in [-0.2, -0.15) is 0 Å². The molecular formula is C19H33N5. The van der Waals surface area contributed by atoms with E-state index in [9.17, 15) is 0 Å². The van der Waals surface area contributed by atoms with Crippen LogP contribution in [-0.4, -0.2) is 63.7 Å². The topological polar surface area (TPSA) is 42.9 Å². The maximum absolute atomic E-state index is 4.26. The summed E-state index contributed by atoms with van der Waals surface area (Å²) in [5.74, 6) is 0.928. The Morgan fingerprint density at radius 2 is 1.67 bits per heavy atom. The first-order valence-corrected chi connectivity index (χ1v) is 9.30. The van der Waals surface area contributed by atoms with E-state index in [1.54, 1.807) is 0 Å². The molecule has 1 aliphatic rings. The Hall–Kier alpha value is -1.75. The molecule has 0 aromatic heterocycles. The molecule has 24 heavy (non-hydrogen) atoms. The van der Waals surface area contributed by atoms with Crippen LogP contribution >= 0.6 is 0 Å². The predicted molar refractivity (Wildman–Crippen MR) is 104 cm³/mol. The summed E-state index contributed by atoms with van der Waals surface area (Å²) in [6.07, 6.45) is 3.55. The lowest BCUT2D eigenvalue weighted by Gasteiger charge is -2.36. The van der Waals surface area contributed by atoms with Crippen molar-refractivity contribution in [1.29, 1.82) is 0 Å². The average Bonchev–Trinajstić information content (AvgIpc) is 2.65. The zero-order valence-electron chi connectivity index (χ0n) is 15.3. The Bertz CT molecular complexity index is 466. The Kier molecular flexibility index (Phi) is 8.46. The van der Waals surface area contributed by atoms with Crippen molar-refractivity contribution in [1.82, 2.24) is 15.5 Å². The maximum atomic E-state index is 4.26. The van der Waals surface area contributed by atoms with Crippen LogP contribution in [-0.2, 0) is 0 Å². The number of nitrogens with one attached hydrogen (secondary N) is 2. The normalized spacial score (nSPS) is 16.2. The van der Waals surface area contributed by atoms with Crippen LogP contribution in [0, 0.1) is 0 Å². The van der Waals surface area contributed by atoms with E-state index in [0.717, 1.165) is 58.2 Å². The van der Waals surface area contributed by atoms with E-state index in [4.69, 9.17) is 0 Å². The molecule has 1 aromatic carbocycles. The van der Waals surface area contributed by atoms with Crippen LogP contribution in [0.1, 0.15) is 26.2 Å². The van der Waals surface area contributed by atoms with Crippen molar-refractivity contribution in [2.24, 2.45) is 4.99 Å².